The van der Waals surface area contributed by atoms with Crippen LogP contribution in [0.4, 0.5) is 5.82 Å². The maximum atomic E-state index is 9.17. The number of aromatic nitrogens is 1. The van der Waals surface area contributed by atoms with Crippen molar-refractivity contribution in [1.29, 1.82) is 5.26 Å². The minimum Gasteiger partial charge on any atom is -0.491 e. The third kappa shape index (κ3) is 2.23. The summed E-state index contributed by atoms with van der Waals surface area (Å²) in [5, 5.41) is 9.17. The van der Waals surface area contributed by atoms with E-state index in [1.54, 1.807) is 18.3 Å². The van der Waals surface area contributed by atoms with Crippen molar-refractivity contribution >= 4 is 5.82 Å². The van der Waals surface area contributed by atoms with E-state index < -0.39 is 0 Å². The first-order chi connectivity index (χ1) is 9.38. The summed E-state index contributed by atoms with van der Waals surface area (Å²) >= 11 is 0. The number of benzene rings is 1. The van der Waals surface area contributed by atoms with Crippen LogP contribution < -0.4 is 9.64 Å². The minimum absolute atomic E-state index is 0.596. The molecule has 0 saturated heterocycles. The normalized spacial score (nSPS) is 13.9. The Bertz CT molecular complexity index is 633. The predicted octanol–water partition coefficient (Wildman–Crippen LogP) is 2.35. The molecule has 0 bridgehead atoms. The summed E-state index contributed by atoms with van der Waals surface area (Å²) in [6, 6.07) is 13.7. The van der Waals surface area contributed by atoms with Gasteiger partial charge < -0.3 is 9.64 Å². The summed E-state index contributed by atoms with van der Waals surface area (Å²) in [5.41, 5.74) is 1.72. The lowest BCUT2D eigenvalue weighted by Gasteiger charge is -2.21. The second-order valence-corrected chi connectivity index (χ2v) is 4.36. The summed E-state index contributed by atoms with van der Waals surface area (Å²) < 4.78 is 5.72. The molecule has 4 heteroatoms. The molecule has 2 heterocycles. The van der Waals surface area contributed by atoms with Crippen LogP contribution in [0.15, 0.2) is 42.6 Å². The zero-order valence-electron chi connectivity index (χ0n) is 10.4. The highest BCUT2D eigenvalue weighted by Gasteiger charge is 2.18. The van der Waals surface area contributed by atoms with Crippen LogP contribution in [-0.2, 0) is 6.54 Å². The number of hydrogen-bond acceptors (Lipinski definition) is 4. The molecule has 1 aromatic carbocycles. The molecule has 1 aliphatic rings. The zero-order chi connectivity index (χ0) is 13.1. The van der Waals surface area contributed by atoms with Crippen molar-refractivity contribution in [1.82, 2.24) is 4.98 Å². The molecule has 0 saturated carbocycles. The number of hydrogen-bond donors (Lipinski definition) is 0. The summed E-state index contributed by atoms with van der Waals surface area (Å²) in [6.07, 6.45) is 1.72. The van der Waals surface area contributed by atoms with Gasteiger partial charge in [-0.05, 0) is 18.2 Å². The molecule has 0 aliphatic carbocycles. The first kappa shape index (κ1) is 11.5. The quantitative estimate of drug-likeness (QED) is 0.780. The van der Waals surface area contributed by atoms with Gasteiger partial charge in [-0.3, -0.25) is 0 Å². The molecule has 19 heavy (non-hydrogen) atoms. The van der Waals surface area contributed by atoms with Gasteiger partial charge in [0.15, 0.2) is 0 Å². The second-order valence-electron chi connectivity index (χ2n) is 4.36. The number of nitrogens with zero attached hydrogens (tertiary/aromatic N) is 3. The van der Waals surface area contributed by atoms with E-state index in [4.69, 9.17) is 10.00 Å². The summed E-state index contributed by atoms with van der Waals surface area (Å²) in [7, 11) is 0. The number of rotatable bonds is 1. The number of fused-ring (bicyclic) bond motifs is 1. The van der Waals surface area contributed by atoms with E-state index in [1.807, 2.05) is 24.3 Å². The van der Waals surface area contributed by atoms with Gasteiger partial charge in [-0.1, -0.05) is 18.2 Å². The van der Waals surface area contributed by atoms with Gasteiger partial charge in [-0.15, -0.1) is 0 Å². The average molecular weight is 251 g/mol. The van der Waals surface area contributed by atoms with Crippen LogP contribution in [-0.4, -0.2) is 18.1 Å². The van der Waals surface area contributed by atoms with Crippen LogP contribution in [0.1, 0.15) is 11.1 Å². The van der Waals surface area contributed by atoms with E-state index in [-0.39, 0.29) is 0 Å². The average Bonchev–Trinajstić information content (AvgIpc) is 2.69. The first-order valence-electron chi connectivity index (χ1n) is 6.19. The fourth-order valence-electron chi connectivity index (χ4n) is 2.24. The SMILES string of the molecule is N#Cc1cccnc1N1CCOc2ccccc2C1. The van der Waals surface area contributed by atoms with Crippen molar-refractivity contribution in [2.75, 3.05) is 18.1 Å². The number of nitriles is 1. The van der Waals surface area contributed by atoms with Crippen LogP contribution in [0.2, 0.25) is 0 Å². The number of pyridine rings is 1. The Balaban J connectivity index is 1.97. The van der Waals surface area contributed by atoms with E-state index >= 15 is 0 Å². The van der Waals surface area contributed by atoms with Gasteiger partial charge in [0.1, 0.15) is 24.2 Å². The van der Waals surface area contributed by atoms with Crippen LogP contribution in [0.5, 0.6) is 5.75 Å². The van der Waals surface area contributed by atoms with Crippen molar-refractivity contribution in [3.8, 4) is 11.8 Å². The van der Waals surface area contributed by atoms with E-state index in [2.05, 4.69) is 16.0 Å². The van der Waals surface area contributed by atoms with Crippen LogP contribution >= 0.6 is 0 Å². The molecule has 2 aromatic rings. The highest BCUT2D eigenvalue weighted by molar-refractivity contribution is 5.54. The Kier molecular flexibility index (Phi) is 3.03. The molecular weight excluding hydrogens is 238 g/mol. The molecule has 94 valence electrons. The Morgan fingerprint density at radius 3 is 3.00 bits per heavy atom. The molecule has 0 radical (unpaired) electrons. The second kappa shape index (κ2) is 4.99. The molecule has 3 rings (SSSR count). The monoisotopic (exact) mass is 251 g/mol. The van der Waals surface area contributed by atoms with Gasteiger partial charge in [0, 0.05) is 18.3 Å². The molecule has 1 aliphatic heterocycles. The maximum Gasteiger partial charge on any atom is 0.146 e. The third-order valence-electron chi connectivity index (χ3n) is 3.16. The van der Waals surface area contributed by atoms with Gasteiger partial charge in [-0.25, -0.2) is 4.98 Å². The molecule has 0 unspecified atom stereocenters. The van der Waals surface area contributed by atoms with Gasteiger partial charge in [-0.2, -0.15) is 5.26 Å². The standard InChI is InChI=1S/C15H13N3O/c16-10-12-5-3-7-17-15(12)18-8-9-19-14-6-2-1-4-13(14)11-18/h1-7H,8-9,11H2. The molecule has 1 aromatic heterocycles. The van der Waals surface area contributed by atoms with E-state index in [1.165, 1.54) is 0 Å². The van der Waals surface area contributed by atoms with E-state index in [0.717, 1.165) is 23.7 Å². The summed E-state index contributed by atoms with van der Waals surface area (Å²) in [6.45, 7) is 2.03. The number of anilines is 1. The van der Waals surface area contributed by atoms with Gasteiger partial charge in [0.2, 0.25) is 0 Å². The smallest absolute Gasteiger partial charge is 0.146 e. The van der Waals surface area contributed by atoms with E-state index in [0.29, 0.717) is 18.7 Å². The van der Waals surface area contributed by atoms with Crippen LogP contribution in [0, 0.1) is 11.3 Å². The fourth-order valence-corrected chi connectivity index (χ4v) is 2.24. The van der Waals surface area contributed by atoms with Gasteiger partial charge >= 0.3 is 0 Å². The Labute approximate surface area is 111 Å². The molecule has 0 spiro atoms. The van der Waals surface area contributed by atoms with Crippen molar-refractivity contribution in [3.05, 3.63) is 53.7 Å². The predicted molar refractivity (Wildman–Crippen MR) is 71.9 cm³/mol. The largest absolute Gasteiger partial charge is 0.491 e. The Hall–Kier alpha value is -2.54. The topological polar surface area (TPSA) is 49.2 Å². The molecule has 4 nitrogen and oxygen atoms in total. The summed E-state index contributed by atoms with van der Waals surface area (Å²) in [5.74, 6) is 1.64. The van der Waals surface area contributed by atoms with Crippen LogP contribution in [0.25, 0.3) is 0 Å². The van der Waals surface area contributed by atoms with Crippen molar-refractivity contribution in [2.45, 2.75) is 6.54 Å². The molecule has 0 atom stereocenters. The van der Waals surface area contributed by atoms with E-state index in [9.17, 15) is 0 Å². The maximum absolute atomic E-state index is 9.17. The molecule has 0 N–H and O–H groups in total. The Morgan fingerprint density at radius 1 is 1.21 bits per heavy atom. The van der Waals surface area contributed by atoms with Gasteiger partial charge in [0.05, 0.1) is 12.1 Å². The third-order valence-corrected chi connectivity index (χ3v) is 3.16. The number of ether oxygens (including phenoxy) is 1. The fraction of sp³-hybridized carbons (Fsp3) is 0.200. The first-order valence-corrected chi connectivity index (χ1v) is 6.19. The minimum atomic E-state index is 0.596. The molecule has 0 fully saturated rings. The zero-order valence-corrected chi connectivity index (χ0v) is 10.4. The van der Waals surface area contributed by atoms with Gasteiger partial charge in [0.25, 0.3) is 0 Å². The van der Waals surface area contributed by atoms with Crippen LogP contribution in [0.3, 0.4) is 0 Å². The Morgan fingerprint density at radius 2 is 2.11 bits per heavy atom. The lowest BCUT2D eigenvalue weighted by molar-refractivity contribution is 0.331. The van der Waals surface area contributed by atoms with Crippen molar-refractivity contribution < 1.29 is 4.74 Å². The number of para-hydroxylation sites is 1. The highest BCUT2D eigenvalue weighted by Crippen LogP contribution is 2.26. The lowest BCUT2D eigenvalue weighted by atomic mass is 10.2. The lowest BCUT2D eigenvalue weighted by Crippen LogP contribution is -2.26. The van der Waals surface area contributed by atoms with Crippen molar-refractivity contribution in [3.63, 3.8) is 0 Å². The molecule has 0 amide bonds. The highest BCUT2D eigenvalue weighted by atomic mass is 16.5. The summed E-state index contributed by atoms with van der Waals surface area (Å²) in [4.78, 5) is 6.42. The molecular formula is C15H13N3O. The van der Waals surface area contributed by atoms with Crippen molar-refractivity contribution in [2.24, 2.45) is 0 Å².